The molecule has 1 aromatic carbocycles. The SMILES string of the molecule is CCOC(=O)c1cc2c(Br)ccc(Cl)c2s1. The quantitative estimate of drug-likeness (QED) is 0.762. The number of halogens is 2. The molecule has 0 atom stereocenters. The van der Waals surface area contributed by atoms with Crippen molar-refractivity contribution in [3.63, 3.8) is 0 Å². The number of thiophene rings is 1. The van der Waals surface area contributed by atoms with Crippen LogP contribution in [0.15, 0.2) is 22.7 Å². The van der Waals surface area contributed by atoms with E-state index in [2.05, 4.69) is 15.9 Å². The Morgan fingerprint density at radius 1 is 1.56 bits per heavy atom. The van der Waals surface area contributed by atoms with Gasteiger partial charge in [0.1, 0.15) is 4.88 Å². The van der Waals surface area contributed by atoms with Crippen LogP contribution in [0.4, 0.5) is 0 Å². The van der Waals surface area contributed by atoms with Crippen molar-refractivity contribution in [1.82, 2.24) is 0 Å². The average Bonchev–Trinajstić information content (AvgIpc) is 2.70. The Bertz CT molecular complexity index is 511. The number of esters is 1. The third kappa shape index (κ3) is 2.10. The molecule has 16 heavy (non-hydrogen) atoms. The highest BCUT2D eigenvalue weighted by molar-refractivity contribution is 9.10. The van der Waals surface area contributed by atoms with Gasteiger partial charge >= 0.3 is 5.97 Å². The van der Waals surface area contributed by atoms with Gasteiger partial charge in [-0.1, -0.05) is 27.5 Å². The topological polar surface area (TPSA) is 26.3 Å². The van der Waals surface area contributed by atoms with E-state index in [1.54, 1.807) is 19.1 Å². The number of fused-ring (bicyclic) bond motifs is 1. The molecule has 2 rings (SSSR count). The van der Waals surface area contributed by atoms with Crippen LogP contribution in [0.3, 0.4) is 0 Å². The zero-order chi connectivity index (χ0) is 11.7. The van der Waals surface area contributed by atoms with Crippen LogP contribution in [0.25, 0.3) is 10.1 Å². The molecule has 0 bridgehead atoms. The molecule has 0 aliphatic carbocycles. The highest BCUT2D eigenvalue weighted by atomic mass is 79.9. The minimum absolute atomic E-state index is 0.299. The summed E-state index contributed by atoms with van der Waals surface area (Å²) in [5, 5.41) is 1.60. The van der Waals surface area contributed by atoms with E-state index in [0.29, 0.717) is 16.5 Å². The van der Waals surface area contributed by atoms with Crippen LogP contribution in [0.5, 0.6) is 0 Å². The Kier molecular flexibility index (Phi) is 3.52. The lowest BCUT2D eigenvalue weighted by molar-refractivity contribution is 0.0532. The van der Waals surface area contributed by atoms with E-state index in [9.17, 15) is 4.79 Å². The number of carbonyl (C=O) groups is 1. The van der Waals surface area contributed by atoms with Gasteiger partial charge in [0.2, 0.25) is 0 Å². The van der Waals surface area contributed by atoms with Crippen molar-refractivity contribution in [2.75, 3.05) is 6.61 Å². The average molecular weight is 320 g/mol. The summed E-state index contributed by atoms with van der Waals surface area (Å²) in [5.74, 6) is -0.299. The fourth-order valence-corrected chi connectivity index (χ4v) is 3.20. The lowest BCUT2D eigenvalue weighted by Gasteiger charge is -1.95. The van der Waals surface area contributed by atoms with Crippen molar-refractivity contribution in [2.45, 2.75) is 6.92 Å². The first kappa shape index (κ1) is 11.9. The Hall–Kier alpha value is -0.580. The molecule has 0 aliphatic rings. The maximum atomic E-state index is 11.6. The first-order chi connectivity index (χ1) is 7.63. The Labute approximate surface area is 110 Å². The number of carbonyl (C=O) groups excluding carboxylic acids is 1. The normalized spacial score (nSPS) is 10.7. The third-order valence-corrected chi connectivity index (χ3v) is 4.33. The van der Waals surface area contributed by atoms with Gasteiger partial charge < -0.3 is 4.74 Å². The number of benzene rings is 1. The van der Waals surface area contributed by atoms with Gasteiger partial charge in [0.15, 0.2) is 0 Å². The van der Waals surface area contributed by atoms with Crippen molar-refractivity contribution in [2.24, 2.45) is 0 Å². The first-order valence-corrected chi connectivity index (χ1v) is 6.67. The fraction of sp³-hybridized carbons (Fsp3) is 0.182. The van der Waals surface area contributed by atoms with Crippen molar-refractivity contribution in [3.05, 3.63) is 32.6 Å². The van der Waals surface area contributed by atoms with Gasteiger partial charge in [-0.15, -0.1) is 11.3 Å². The lowest BCUT2D eigenvalue weighted by atomic mass is 10.2. The molecule has 0 spiro atoms. The molecule has 2 aromatic rings. The molecule has 0 amide bonds. The second-order valence-corrected chi connectivity index (χ2v) is 5.42. The molecule has 0 aliphatic heterocycles. The van der Waals surface area contributed by atoms with Gasteiger partial charge in [-0.25, -0.2) is 4.79 Å². The van der Waals surface area contributed by atoms with Gasteiger partial charge in [0, 0.05) is 9.86 Å². The van der Waals surface area contributed by atoms with Crippen LogP contribution >= 0.6 is 38.9 Å². The van der Waals surface area contributed by atoms with E-state index in [0.717, 1.165) is 14.6 Å². The monoisotopic (exact) mass is 318 g/mol. The smallest absolute Gasteiger partial charge is 0.348 e. The predicted octanol–water partition coefficient (Wildman–Crippen LogP) is 4.49. The molecule has 0 fully saturated rings. The third-order valence-electron chi connectivity index (χ3n) is 2.06. The van der Waals surface area contributed by atoms with Gasteiger partial charge in [-0.3, -0.25) is 0 Å². The maximum absolute atomic E-state index is 11.6. The standard InChI is InChI=1S/C11H8BrClO2S/c1-2-15-11(14)9-5-6-7(12)3-4-8(13)10(6)16-9/h3-5H,2H2,1H3. The molecule has 0 N–H and O–H groups in total. The van der Waals surface area contributed by atoms with Gasteiger partial charge in [0.25, 0.3) is 0 Å². The summed E-state index contributed by atoms with van der Waals surface area (Å²) >= 11 is 10.8. The van der Waals surface area contributed by atoms with Crippen molar-refractivity contribution in [1.29, 1.82) is 0 Å². The Morgan fingerprint density at radius 2 is 2.31 bits per heavy atom. The van der Waals surface area contributed by atoms with Crippen molar-refractivity contribution < 1.29 is 9.53 Å². The number of hydrogen-bond acceptors (Lipinski definition) is 3. The molecular weight excluding hydrogens is 312 g/mol. The Morgan fingerprint density at radius 3 is 2.94 bits per heavy atom. The molecule has 2 nitrogen and oxygen atoms in total. The van der Waals surface area contributed by atoms with E-state index in [4.69, 9.17) is 16.3 Å². The second-order valence-electron chi connectivity index (χ2n) is 3.10. The van der Waals surface area contributed by atoms with Crippen LogP contribution < -0.4 is 0 Å². The maximum Gasteiger partial charge on any atom is 0.348 e. The van der Waals surface area contributed by atoms with Crippen LogP contribution in [0.1, 0.15) is 16.6 Å². The summed E-state index contributed by atoms with van der Waals surface area (Å²) < 4.78 is 6.78. The fourth-order valence-electron chi connectivity index (χ4n) is 1.36. The molecule has 0 radical (unpaired) electrons. The molecule has 1 aromatic heterocycles. The van der Waals surface area contributed by atoms with Crippen LogP contribution in [0.2, 0.25) is 5.02 Å². The number of hydrogen-bond donors (Lipinski definition) is 0. The summed E-state index contributed by atoms with van der Waals surface area (Å²) in [6, 6.07) is 5.47. The minimum Gasteiger partial charge on any atom is -0.462 e. The minimum atomic E-state index is -0.299. The van der Waals surface area contributed by atoms with Crippen molar-refractivity contribution >= 4 is 54.9 Å². The molecule has 0 saturated heterocycles. The summed E-state index contributed by atoms with van der Waals surface area (Å²) in [6.07, 6.45) is 0. The van der Waals surface area contributed by atoms with Crippen LogP contribution in [-0.2, 0) is 4.74 Å². The second kappa shape index (κ2) is 4.73. The molecule has 0 unspecified atom stereocenters. The lowest BCUT2D eigenvalue weighted by Crippen LogP contribution is -2.01. The summed E-state index contributed by atoms with van der Waals surface area (Å²) in [5.41, 5.74) is 0. The van der Waals surface area contributed by atoms with E-state index in [1.807, 2.05) is 6.07 Å². The van der Waals surface area contributed by atoms with Gasteiger partial charge in [0.05, 0.1) is 16.3 Å². The summed E-state index contributed by atoms with van der Waals surface area (Å²) in [4.78, 5) is 12.1. The molecule has 1 heterocycles. The highest BCUT2D eigenvalue weighted by Gasteiger charge is 2.14. The summed E-state index contributed by atoms with van der Waals surface area (Å²) in [7, 11) is 0. The molecule has 5 heteroatoms. The zero-order valence-corrected chi connectivity index (χ0v) is 11.6. The van der Waals surface area contributed by atoms with Crippen LogP contribution in [-0.4, -0.2) is 12.6 Å². The Balaban J connectivity index is 2.55. The van der Waals surface area contributed by atoms with E-state index >= 15 is 0 Å². The highest BCUT2D eigenvalue weighted by Crippen LogP contribution is 2.36. The molecular formula is C11H8BrClO2S. The van der Waals surface area contributed by atoms with E-state index < -0.39 is 0 Å². The van der Waals surface area contributed by atoms with Gasteiger partial charge in [-0.2, -0.15) is 0 Å². The first-order valence-electron chi connectivity index (χ1n) is 4.68. The predicted molar refractivity (Wildman–Crippen MR) is 70.5 cm³/mol. The largest absolute Gasteiger partial charge is 0.462 e. The van der Waals surface area contributed by atoms with E-state index in [-0.39, 0.29) is 5.97 Å². The molecule has 0 saturated carbocycles. The van der Waals surface area contributed by atoms with E-state index in [1.165, 1.54) is 11.3 Å². The summed E-state index contributed by atoms with van der Waals surface area (Å²) in [6.45, 7) is 2.16. The number of rotatable bonds is 2. The molecule has 84 valence electrons. The van der Waals surface area contributed by atoms with Gasteiger partial charge in [-0.05, 0) is 25.1 Å². The zero-order valence-electron chi connectivity index (χ0n) is 8.42. The van der Waals surface area contributed by atoms with Crippen molar-refractivity contribution in [3.8, 4) is 0 Å². The number of ether oxygens (including phenoxy) is 1. The van der Waals surface area contributed by atoms with Crippen LogP contribution in [0, 0.1) is 0 Å².